The zero-order valence-corrected chi connectivity index (χ0v) is 11.6. The zero-order chi connectivity index (χ0) is 14.5. The second-order valence-electron chi connectivity index (χ2n) is 3.94. The molecule has 0 radical (unpaired) electrons. The summed E-state index contributed by atoms with van der Waals surface area (Å²) in [7, 11) is 1.54. The van der Waals surface area contributed by atoms with Crippen molar-refractivity contribution in [3.8, 4) is 17.0 Å². The quantitative estimate of drug-likeness (QED) is 0.876. The van der Waals surface area contributed by atoms with Crippen molar-refractivity contribution in [2.45, 2.75) is 0 Å². The third-order valence-electron chi connectivity index (χ3n) is 2.67. The number of ether oxygens (including phenoxy) is 1. The standard InChI is InChI=1S/C15H13ClN2O2/c1-3-14(19)18-13-6-4-5-11(15(13)20-2)12-8-7-10(16)9-17-12/h3-9H,1H2,2H3,(H,18,19). The van der Waals surface area contributed by atoms with Gasteiger partial charge in [-0.05, 0) is 30.3 Å². The summed E-state index contributed by atoms with van der Waals surface area (Å²) in [5.41, 5.74) is 2.04. The van der Waals surface area contributed by atoms with Crippen LogP contribution in [0.5, 0.6) is 5.75 Å². The van der Waals surface area contributed by atoms with E-state index in [4.69, 9.17) is 16.3 Å². The lowest BCUT2D eigenvalue weighted by Crippen LogP contribution is -2.08. The highest BCUT2D eigenvalue weighted by atomic mass is 35.5. The Kier molecular flexibility index (Phi) is 4.38. The van der Waals surface area contributed by atoms with Crippen molar-refractivity contribution in [1.82, 2.24) is 4.98 Å². The normalized spacial score (nSPS) is 9.90. The SMILES string of the molecule is C=CC(=O)Nc1cccc(-c2ccc(Cl)cn2)c1OC. The molecular formula is C15H13ClN2O2. The Morgan fingerprint density at radius 3 is 2.80 bits per heavy atom. The number of methoxy groups -OCH3 is 1. The summed E-state index contributed by atoms with van der Waals surface area (Å²) in [6.07, 6.45) is 2.76. The Balaban J connectivity index is 2.48. The maximum atomic E-state index is 11.4. The van der Waals surface area contributed by atoms with E-state index in [-0.39, 0.29) is 5.91 Å². The van der Waals surface area contributed by atoms with E-state index < -0.39 is 0 Å². The molecule has 0 saturated carbocycles. The average Bonchev–Trinajstić information content (AvgIpc) is 2.47. The van der Waals surface area contributed by atoms with Gasteiger partial charge in [0.2, 0.25) is 5.91 Å². The molecule has 4 nitrogen and oxygen atoms in total. The average molecular weight is 289 g/mol. The van der Waals surface area contributed by atoms with Gasteiger partial charge in [-0.1, -0.05) is 24.2 Å². The highest BCUT2D eigenvalue weighted by molar-refractivity contribution is 6.30. The monoisotopic (exact) mass is 288 g/mol. The summed E-state index contributed by atoms with van der Waals surface area (Å²) in [5, 5.41) is 3.26. The molecule has 1 aromatic carbocycles. The number of amides is 1. The third kappa shape index (κ3) is 2.97. The fraction of sp³-hybridized carbons (Fsp3) is 0.0667. The first-order valence-corrected chi connectivity index (χ1v) is 6.26. The third-order valence-corrected chi connectivity index (χ3v) is 2.89. The lowest BCUT2D eigenvalue weighted by Gasteiger charge is -2.13. The smallest absolute Gasteiger partial charge is 0.247 e. The van der Waals surface area contributed by atoms with Crippen LogP contribution in [-0.2, 0) is 4.79 Å². The van der Waals surface area contributed by atoms with Crippen LogP contribution in [0.2, 0.25) is 5.02 Å². The number of nitrogens with one attached hydrogen (secondary N) is 1. The van der Waals surface area contributed by atoms with E-state index in [0.29, 0.717) is 22.2 Å². The molecule has 0 aliphatic rings. The Hall–Kier alpha value is -2.33. The molecule has 1 amide bonds. The molecule has 5 heteroatoms. The topological polar surface area (TPSA) is 51.2 Å². The molecule has 0 aliphatic heterocycles. The number of rotatable bonds is 4. The van der Waals surface area contributed by atoms with Crippen LogP contribution in [0.3, 0.4) is 0 Å². The second kappa shape index (κ2) is 6.21. The number of nitrogens with zero attached hydrogens (tertiary/aromatic N) is 1. The van der Waals surface area contributed by atoms with E-state index in [9.17, 15) is 4.79 Å². The number of aromatic nitrogens is 1. The molecule has 0 unspecified atom stereocenters. The van der Waals surface area contributed by atoms with Crippen LogP contribution >= 0.6 is 11.6 Å². The Morgan fingerprint density at radius 2 is 2.20 bits per heavy atom. The Morgan fingerprint density at radius 1 is 1.40 bits per heavy atom. The number of para-hydroxylation sites is 1. The van der Waals surface area contributed by atoms with Gasteiger partial charge in [0.05, 0.1) is 23.5 Å². The van der Waals surface area contributed by atoms with Crippen molar-refractivity contribution >= 4 is 23.2 Å². The molecule has 0 fully saturated rings. The molecule has 0 saturated heterocycles. The van der Waals surface area contributed by atoms with Crippen LogP contribution in [0.15, 0.2) is 49.2 Å². The van der Waals surface area contributed by atoms with Crippen LogP contribution in [0.4, 0.5) is 5.69 Å². The van der Waals surface area contributed by atoms with Crippen molar-refractivity contribution < 1.29 is 9.53 Å². The lowest BCUT2D eigenvalue weighted by atomic mass is 10.1. The first kappa shape index (κ1) is 14.1. The maximum Gasteiger partial charge on any atom is 0.247 e. The fourth-order valence-corrected chi connectivity index (χ4v) is 1.89. The Bertz CT molecular complexity index is 639. The fourth-order valence-electron chi connectivity index (χ4n) is 1.78. The van der Waals surface area contributed by atoms with E-state index in [2.05, 4.69) is 16.9 Å². The van der Waals surface area contributed by atoms with Crippen molar-refractivity contribution in [3.63, 3.8) is 0 Å². The van der Waals surface area contributed by atoms with Gasteiger partial charge in [-0.2, -0.15) is 0 Å². The van der Waals surface area contributed by atoms with E-state index in [0.717, 1.165) is 5.56 Å². The highest BCUT2D eigenvalue weighted by Crippen LogP contribution is 2.35. The molecule has 0 aliphatic carbocycles. The molecule has 1 aromatic heterocycles. The minimum atomic E-state index is -0.301. The Labute approximate surface area is 122 Å². The van der Waals surface area contributed by atoms with Gasteiger partial charge in [0, 0.05) is 11.8 Å². The first-order chi connectivity index (χ1) is 9.65. The predicted molar refractivity (Wildman–Crippen MR) is 80.1 cm³/mol. The maximum absolute atomic E-state index is 11.4. The van der Waals surface area contributed by atoms with Gasteiger partial charge in [-0.25, -0.2) is 0 Å². The number of hydrogen-bond donors (Lipinski definition) is 1. The van der Waals surface area contributed by atoms with Gasteiger partial charge in [-0.3, -0.25) is 9.78 Å². The predicted octanol–water partition coefficient (Wildman–Crippen LogP) is 3.54. The lowest BCUT2D eigenvalue weighted by molar-refractivity contribution is -0.111. The summed E-state index contributed by atoms with van der Waals surface area (Å²) in [5.74, 6) is 0.238. The molecule has 0 spiro atoms. The van der Waals surface area contributed by atoms with E-state index >= 15 is 0 Å². The van der Waals surface area contributed by atoms with Gasteiger partial charge in [0.15, 0.2) is 5.75 Å². The van der Waals surface area contributed by atoms with E-state index in [1.54, 1.807) is 24.4 Å². The van der Waals surface area contributed by atoms with Crippen LogP contribution in [0.25, 0.3) is 11.3 Å². The zero-order valence-electron chi connectivity index (χ0n) is 10.9. The number of hydrogen-bond acceptors (Lipinski definition) is 3. The number of pyridine rings is 1. The molecular weight excluding hydrogens is 276 g/mol. The summed E-state index contributed by atoms with van der Waals surface area (Å²) >= 11 is 5.83. The summed E-state index contributed by atoms with van der Waals surface area (Å²) < 4.78 is 5.38. The van der Waals surface area contributed by atoms with Crippen molar-refractivity contribution in [2.75, 3.05) is 12.4 Å². The number of halogens is 1. The molecule has 0 atom stereocenters. The number of benzene rings is 1. The minimum absolute atomic E-state index is 0.301. The van der Waals surface area contributed by atoms with Gasteiger partial charge < -0.3 is 10.1 Å². The van der Waals surface area contributed by atoms with E-state index in [1.807, 2.05) is 12.1 Å². The van der Waals surface area contributed by atoms with Crippen LogP contribution in [0, 0.1) is 0 Å². The van der Waals surface area contributed by atoms with Gasteiger partial charge in [-0.15, -0.1) is 0 Å². The van der Waals surface area contributed by atoms with Crippen molar-refractivity contribution in [3.05, 3.63) is 54.2 Å². The second-order valence-corrected chi connectivity index (χ2v) is 4.38. The summed E-state index contributed by atoms with van der Waals surface area (Å²) in [4.78, 5) is 15.7. The van der Waals surface area contributed by atoms with Crippen LogP contribution in [0.1, 0.15) is 0 Å². The largest absolute Gasteiger partial charge is 0.494 e. The van der Waals surface area contributed by atoms with Crippen LogP contribution < -0.4 is 10.1 Å². The molecule has 20 heavy (non-hydrogen) atoms. The van der Waals surface area contributed by atoms with Crippen molar-refractivity contribution in [2.24, 2.45) is 0 Å². The highest BCUT2D eigenvalue weighted by Gasteiger charge is 2.12. The number of carbonyl (C=O) groups is 1. The minimum Gasteiger partial charge on any atom is -0.494 e. The number of anilines is 1. The molecule has 2 rings (SSSR count). The molecule has 1 heterocycles. The first-order valence-electron chi connectivity index (χ1n) is 5.88. The molecule has 0 bridgehead atoms. The summed E-state index contributed by atoms with van der Waals surface area (Å²) in [6, 6.07) is 8.96. The molecule has 2 aromatic rings. The van der Waals surface area contributed by atoms with Crippen molar-refractivity contribution in [1.29, 1.82) is 0 Å². The summed E-state index contributed by atoms with van der Waals surface area (Å²) in [6.45, 7) is 3.42. The number of carbonyl (C=O) groups excluding carboxylic acids is 1. The molecule has 1 N–H and O–H groups in total. The van der Waals surface area contributed by atoms with Gasteiger partial charge >= 0.3 is 0 Å². The van der Waals surface area contributed by atoms with Gasteiger partial charge in [0.25, 0.3) is 0 Å². The van der Waals surface area contributed by atoms with E-state index in [1.165, 1.54) is 13.2 Å². The van der Waals surface area contributed by atoms with Gasteiger partial charge in [0.1, 0.15) is 0 Å². The molecule has 102 valence electrons. The van der Waals surface area contributed by atoms with Crippen LogP contribution in [-0.4, -0.2) is 18.0 Å².